The van der Waals surface area contributed by atoms with Crippen molar-refractivity contribution in [2.24, 2.45) is 0 Å². The average Bonchev–Trinajstić information content (AvgIpc) is 2.67. The van der Waals surface area contributed by atoms with Crippen LogP contribution in [0.25, 0.3) is 0 Å². The first-order chi connectivity index (χ1) is 12.7. The third-order valence-electron chi connectivity index (χ3n) is 5.56. The van der Waals surface area contributed by atoms with Gasteiger partial charge in [-0.15, -0.1) is 6.58 Å². The first-order valence-corrected chi connectivity index (χ1v) is 10.4. The zero-order valence-electron chi connectivity index (χ0n) is 16.2. The van der Waals surface area contributed by atoms with Crippen molar-refractivity contribution < 1.29 is 13.5 Å². The maximum atomic E-state index is 14.6. The zero-order chi connectivity index (χ0) is 18.8. The summed E-state index contributed by atoms with van der Waals surface area (Å²) in [5.74, 6) is -1.14. The van der Waals surface area contributed by atoms with E-state index in [1.54, 1.807) is 12.1 Å². The van der Waals surface area contributed by atoms with Gasteiger partial charge in [-0.05, 0) is 55.6 Å². The van der Waals surface area contributed by atoms with E-state index in [-0.39, 0.29) is 12.0 Å². The van der Waals surface area contributed by atoms with E-state index < -0.39 is 11.6 Å². The normalized spacial score (nSPS) is 20.3. The standard InChI is InChI=1S/C23H34F2O/c1-3-5-6-7-8-9-10-19-13-16-21(23(25)22(19)24)18-11-14-20(15-12-18)26-17-4-2/h4,13,16,18,20H,2-3,5-12,14-15,17H2,1H3. The molecule has 146 valence electrons. The Labute approximate surface area is 157 Å². The molecule has 3 heteroatoms. The fraction of sp³-hybridized carbons (Fsp3) is 0.652. The molecule has 0 radical (unpaired) electrons. The van der Waals surface area contributed by atoms with E-state index in [1.807, 2.05) is 6.07 Å². The van der Waals surface area contributed by atoms with Gasteiger partial charge in [0.25, 0.3) is 0 Å². The monoisotopic (exact) mass is 364 g/mol. The topological polar surface area (TPSA) is 9.23 Å². The van der Waals surface area contributed by atoms with E-state index in [1.165, 1.54) is 25.7 Å². The van der Waals surface area contributed by atoms with Crippen LogP contribution in [0, 0.1) is 11.6 Å². The van der Waals surface area contributed by atoms with Crippen LogP contribution in [0.1, 0.15) is 88.2 Å². The molecule has 1 nitrogen and oxygen atoms in total. The molecule has 1 fully saturated rings. The molecule has 0 N–H and O–H groups in total. The molecule has 0 amide bonds. The number of benzene rings is 1. The second-order valence-corrected chi connectivity index (χ2v) is 7.56. The van der Waals surface area contributed by atoms with Crippen LogP contribution in [-0.4, -0.2) is 12.7 Å². The van der Waals surface area contributed by atoms with E-state index in [9.17, 15) is 8.78 Å². The number of unbranched alkanes of at least 4 members (excludes halogenated alkanes) is 5. The number of hydrogen-bond acceptors (Lipinski definition) is 1. The maximum Gasteiger partial charge on any atom is 0.162 e. The summed E-state index contributed by atoms with van der Waals surface area (Å²) >= 11 is 0. The fourth-order valence-electron chi connectivity index (χ4n) is 3.95. The maximum absolute atomic E-state index is 14.6. The molecule has 1 aromatic carbocycles. The van der Waals surface area contributed by atoms with Crippen LogP contribution in [0.5, 0.6) is 0 Å². The average molecular weight is 365 g/mol. The Morgan fingerprint density at radius 3 is 2.38 bits per heavy atom. The Kier molecular flexibility index (Phi) is 9.31. The van der Waals surface area contributed by atoms with Crippen LogP contribution >= 0.6 is 0 Å². The van der Waals surface area contributed by atoms with Gasteiger partial charge in [0.2, 0.25) is 0 Å². The second-order valence-electron chi connectivity index (χ2n) is 7.56. The molecular weight excluding hydrogens is 330 g/mol. The molecule has 0 aromatic heterocycles. The Balaban J connectivity index is 1.86. The molecule has 0 spiro atoms. The van der Waals surface area contributed by atoms with E-state index in [2.05, 4.69) is 13.5 Å². The van der Waals surface area contributed by atoms with Crippen molar-refractivity contribution in [2.75, 3.05) is 6.61 Å². The lowest BCUT2D eigenvalue weighted by Crippen LogP contribution is -2.21. The SMILES string of the molecule is C=CCOC1CCC(c2ccc(CCCCCCCC)c(F)c2F)CC1. The van der Waals surface area contributed by atoms with Gasteiger partial charge in [-0.3, -0.25) is 0 Å². The molecular formula is C23H34F2O. The first-order valence-electron chi connectivity index (χ1n) is 10.4. The van der Waals surface area contributed by atoms with Crippen LogP contribution in [-0.2, 0) is 11.2 Å². The van der Waals surface area contributed by atoms with Crippen molar-refractivity contribution in [1.82, 2.24) is 0 Å². The van der Waals surface area contributed by atoms with Crippen molar-refractivity contribution in [1.29, 1.82) is 0 Å². The van der Waals surface area contributed by atoms with Crippen molar-refractivity contribution in [3.63, 3.8) is 0 Å². The first kappa shape index (κ1) is 21.1. The molecule has 1 saturated carbocycles. The summed E-state index contributed by atoms with van der Waals surface area (Å²) in [5, 5.41) is 0. The van der Waals surface area contributed by atoms with Crippen molar-refractivity contribution in [2.45, 2.75) is 89.6 Å². The highest BCUT2D eigenvalue weighted by molar-refractivity contribution is 5.29. The van der Waals surface area contributed by atoms with Gasteiger partial charge >= 0.3 is 0 Å². The number of hydrogen-bond donors (Lipinski definition) is 0. The minimum absolute atomic E-state index is 0.108. The van der Waals surface area contributed by atoms with Crippen LogP contribution in [0.2, 0.25) is 0 Å². The molecule has 0 atom stereocenters. The van der Waals surface area contributed by atoms with Gasteiger partial charge in [-0.2, -0.15) is 0 Å². The van der Waals surface area contributed by atoms with Gasteiger partial charge in [-0.25, -0.2) is 8.78 Å². The van der Waals surface area contributed by atoms with Gasteiger partial charge in [0, 0.05) is 0 Å². The lowest BCUT2D eigenvalue weighted by Gasteiger charge is -2.29. The third-order valence-corrected chi connectivity index (χ3v) is 5.56. The van der Waals surface area contributed by atoms with Gasteiger partial charge in [0.05, 0.1) is 12.7 Å². The zero-order valence-corrected chi connectivity index (χ0v) is 16.2. The number of ether oxygens (including phenoxy) is 1. The number of halogens is 2. The quantitative estimate of drug-likeness (QED) is 0.301. The van der Waals surface area contributed by atoms with Gasteiger partial charge < -0.3 is 4.74 Å². The predicted octanol–water partition coefficient (Wildman–Crippen LogP) is 7.10. The summed E-state index contributed by atoms with van der Waals surface area (Å²) in [5.41, 5.74) is 1.08. The highest BCUT2D eigenvalue weighted by Crippen LogP contribution is 2.36. The number of aryl methyl sites for hydroxylation is 1. The predicted molar refractivity (Wildman–Crippen MR) is 105 cm³/mol. The molecule has 0 heterocycles. The van der Waals surface area contributed by atoms with E-state index >= 15 is 0 Å². The molecule has 1 aromatic rings. The molecule has 1 aliphatic rings. The highest BCUT2D eigenvalue weighted by Gasteiger charge is 2.26. The van der Waals surface area contributed by atoms with Crippen LogP contribution in [0.15, 0.2) is 24.8 Å². The van der Waals surface area contributed by atoms with Crippen molar-refractivity contribution in [3.05, 3.63) is 47.5 Å². The van der Waals surface area contributed by atoms with E-state index in [0.29, 0.717) is 24.2 Å². The lowest BCUT2D eigenvalue weighted by molar-refractivity contribution is 0.0420. The van der Waals surface area contributed by atoms with Crippen LogP contribution < -0.4 is 0 Å². The van der Waals surface area contributed by atoms with Crippen molar-refractivity contribution >= 4 is 0 Å². The Morgan fingerprint density at radius 2 is 1.69 bits per heavy atom. The smallest absolute Gasteiger partial charge is 0.162 e. The van der Waals surface area contributed by atoms with E-state index in [0.717, 1.165) is 38.5 Å². The molecule has 26 heavy (non-hydrogen) atoms. The van der Waals surface area contributed by atoms with E-state index in [4.69, 9.17) is 4.74 Å². The summed E-state index contributed by atoms with van der Waals surface area (Å²) in [4.78, 5) is 0. The minimum atomic E-state index is -0.624. The summed E-state index contributed by atoms with van der Waals surface area (Å²) < 4.78 is 34.8. The fourth-order valence-corrected chi connectivity index (χ4v) is 3.95. The minimum Gasteiger partial charge on any atom is -0.374 e. The Hall–Kier alpha value is -1.22. The number of rotatable bonds is 11. The molecule has 0 unspecified atom stereocenters. The molecule has 0 saturated heterocycles. The summed E-state index contributed by atoms with van der Waals surface area (Å²) in [6.07, 6.45) is 13.1. The third kappa shape index (κ3) is 6.19. The second kappa shape index (κ2) is 11.5. The summed E-state index contributed by atoms with van der Waals surface area (Å²) in [6.45, 7) is 6.42. The Bertz CT molecular complexity index is 547. The summed E-state index contributed by atoms with van der Waals surface area (Å²) in [7, 11) is 0. The van der Waals surface area contributed by atoms with Crippen LogP contribution in [0.3, 0.4) is 0 Å². The van der Waals surface area contributed by atoms with Gasteiger partial charge in [-0.1, -0.05) is 57.2 Å². The highest BCUT2D eigenvalue weighted by atomic mass is 19.2. The van der Waals surface area contributed by atoms with Gasteiger partial charge in [0.1, 0.15) is 0 Å². The molecule has 2 rings (SSSR count). The summed E-state index contributed by atoms with van der Waals surface area (Å²) in [6, 6.07) is 3.63. The Morgan fingerprint density at radius 1 is 1.00 bits per heavy atom. The lowest BCUT2D eigenvalue weighted by atomic mass is 9.82. The molecule has 0 aliphatic heterocycles. The van der Waals surface area contributed by atoms with Crippen LogP contribution in [0.4, 0.5) is 8.78 Å². The van der Waals surface area contributed by atoms with Crippen molar-refractivity contribution in [3.8, 4) is 0 Å². The largest absolute Gasteiger partial charge is 0.374 e. The molecule has 0 bridgehead atoms. The molecule has 1 aliphatic carbocycles. The van der Waals surface area contributed by atoms with Gasteiger partial charge in [0.15, 0.2) is 11.6 Å².